The summed E-state index contributed by atoms with van der Waals surface area (Å²) in [4.78, 5) is 0. The second kappa shape index (κ2) is 5.48. The van der Waals surface area contributed by atoms with Crippen LogP contribution >= 0.6 is 0 Å². The lowest BCUT2D eigenvalue weighted by Crippen LogP contribution is -2.15. The number of aromatic nitrogens is 2. The molecule has 1 atom stereocenters. The van der Waals surface area contributed by atoms with Crippen molar-refractivity contribution in [2.75, 3.05) is 13.1 Å². The third kappa shape index (κ3) is 2.85. The number of aryl methyl sites for hydroxylation is 2. The van der Waals surface area contributed by atoms with Crippen LogP contribution in [0.5, 0.6) is 0 Å². The molecule has 0 spiro atoms. The van der Waals surface area contributed by atoms with Gasteiger partial charge in [-0.2, -0.15) is 5.10 Å². The normalized spacial score (nSPS) is 22.0. The summed E-state index contributed by atoms with van der Waals surface area (Å²) in [5, 5.41) is 7.99. The standard InChI is InChI=1S/C13H23N3/c1-3-16-13(9-11(2)15-16)10-12-5-4-7-14-8-6-12/h9,12,14H,3-8,10H2,1-2H3. The lowest BCUT2D eigenvalue weighted by molar-refractivity contribution is 0.449. The van der Waals surface area contributed by atoms with E-state index in [4.69, 9.17) is 0 Å². The third-order valence-corrected chi connectivity index (χ3v) is 3.48. The Morgan fingerprint density at radius 1 is 1.44 bits per heavy atom. The smallest absolute Gasteiger partial charge is 0.0596 e. The molecule has 2 heterocycles. The third-order valence-electron chi connectivity index (χ3n) is 3.48. The molecule has 3 heteroatoms. The molecule has 1 fully saturated rings. The zero-order chi connectivity index (χ0) is 11.4. The van der Waals surface area contributed by atoms with Crippen LogP contribution in [0, 0.1) is 12.8 Å². The van der Waals surface area contributed by atoms with Crippen molar-refractivity contribution in [2.45, 2.75) is 46.1 Å². The van der Waals surface area contributed by atoms with E-state index in [1.54, 1.807) is 0 Å². The molecule has 1 unspecified atom stereocenters. The topological polar surface area (TPSA) is 29.9 Å². The van der Waals surface area contributed by atoms with E-state index in [0.717, 1.165) is 18.2 Å². The van der Waals surface area contributed by atoms with Gasteiger partial charge in [-0.1, -0.05) is 0 Å². The Morgan fingerprint density at radius 3 is 3.12 bits per heavy atom. The first-order valence-corrected chi connectivity index (χ1v) is 6.53. The number of hydrogen-bond donors (Lipinski definition) is 1. The van der Waals surface area contributed by atoms with Crippen LogP contribution in [0.1, 0.15) is 37.6 Å². The predicted octanol–water partition coefficient (Wildman–Crippen LogP) is 2.14. The fraction of sp³-hybridized carbons (Fsp3) is 0.769. The van der Waals surface area contributed by atoms with Crippen molar-refractivity contribution >= 4 is 0 Å². The summed E-state index contributed by atoms with van der Waals surface area (Å²) in [5.41, 5.74) is 2.58. The van der Waals surface area contributed by atoms with Crippen molar-refractivity contribution in [3.63, 3.8) is 0 Å². The number of nitrogens with zero attached hydrogens (tertiary/aromatic N) is 2. The molecule has 1 saturated heterocycles. The van der Waals surface area contributed by atoms with Gasteiger partial charge in [0.25, 0.3) is 0 Å². The summed E-state index contributed by atoms with van der Waals surface area (Å²) < 4.78 is 2.16. The zero-order valence-electron chi connectivity index (χ0n) is 10.5. The van der Waals surface area contributed by atoms with Crippen LogP contribution in [-0.2, 0) is 13.0 Å². The number of rotatable bonds is 3. The summed E-state index contributed by atoms with van der Waals surface area (Å²) in [5.74, 6) is 0.844. The SMILES string of the molecule is CCn1nc(C)cc1CC1CCCNCC1. The van der Waals surface area contributed by atoms with Crippen LogP contribution in [0.2, 0.25) is 0 Å². The van der Waals surface area contributed by atoms with Crippen molar-refractivity contribution in [1.29, 1.82) is 0 Å². The monoisotopic (exact) mass is 221 g/mol. The Hall–Kier alpha value is -0.830. The Kier molecular flexibility index (Phi) is 3.99. The van der Waals surface area contributed by atoms with E-state index in [9.17, 15) is 0 Å². The molecule has 0 saturated carbocycles. The molecule has 3 nitrogen and oxygen atoms in total. The fourth-order valence-corrected chi connectivity index (χ4v) is 2.63. The van der Waals surface area contributed by atoms with Crippen LogP contribution < -0.4 is 5.32 Å². The van der Waals surface area contributed by atoms with E-state index in [-0.39, 0.29) is 0 Å². The van der Waals surface area contributed by atoms with Crippen LogP contribution in [0.4, 0.5) is 0 Å². The van der Waals surface area contributed by atoms with Gasteiger partial charge in [0.05, 0.1) is 5.69 Å². The van der Waals surface area contributed by atoms with Crippen LogP contribution in [0.15, 0.2) is 6.07 Å². The van der Waals surface area contributed by atoms with E-state index in [2.05, 4.69) is 35.0 Å². The lowest BCUT2D eigenvalue weighted by Gasteiger charge is -2.14. The second-order valence-electron chi connectivity index (χ2n) is 4.84. The number of hydrogen-bond acceptors (Lipinski definition) is 2. The molecule has 1 aromatic rings. The van der Waals surface area contributed by atoms with Gasteiger partial charge >= 0.3 is 0 Å². The fourth-order valence-electron chi connectivity index (χ4n) is 2.63. The first-order valence-electron chi connectivity index (χ1n) is 6.53. The Balaban J connectivity index is 2.01. The van der Waals surface area contributed by atoms with E-state index in [1.807, 2.05) is 0 Å². The first-order chi connectivity index (χ1) is 7.79. The molecular weight excluding hydrogens is 198 g/mol. The molecule has 0 bridgehead atoms. The molecule has 1 N–H and O–H groups in total. The molecule has 16 heavy (non-hydrogen) atoms. The minimum absolute atomic E-state index is 0.844. The van der Waals surface area contributed by atoms with Gasteiger partial charge < -0.3 is 5.32 Å². The average Bonchev–Trinajstić information content (AvgIpc) is 2.49. The highest BCUT2D eigenvalue weighted by Crippen LogP contribution is 2.19. The largest absolute Gasteiger partial charge is 0.317 e. The Bertz CT molecular complexity index is 322. The lowest BCUT2D eigenvalue weighted by atomic mass is 9.95. The quantitative estimate of drug-likeness (QED) is 0.847. The van der Waals surface area contributed by atoms with Gasteiger partial charge in [-0.25, -0.2) is 0 Å². The maximum absolute atomic E-state index is 4.52. The summed E-state index contributed by atoms with van der Waals surface area (Å²) >= 11 is 0. The second-order valence-corrected chi connectivity index (χ2v) is 4.84. The molecular formula is C13H23N3. The van der Waals surface area contributed by atoms with E-state index < -0.39 is 0 Å². The van der Waals surface area contributed by atoms with Gasteiger partial charge in [-0.05, 0) is 64.6 Å². The molecule has 1 aliphatic heterocycles. The van der Waals surface area contributed by atoms with Crippen molar-refractivity contribution < 1.29 is 0 Å². The highest BCUT2D eigenvalue weighted by Gasteiger charge is 2.15. The maximum atomic E-state index is 4.52. The van der Waals surface area contributed by atoms with Gasteiger partial charge in [0.2, 0.25) is 0 Å². The summed E-state index contributed by atoms with van der Waals surface area (Å²) in [7, 11) is 0. The maximum Gasteiger partial charge on any atom is 0.0596 e. The van der Waals surface area contributed by atoms with Gasteiger partial charge in [0, 0.05) is 12.2 Å². The average molecular weight is 221 g/mol. The highest BCUT2D eigenvalue weighted by atomic mass is 15.3. The van der Waals surface area contributed by atoms with Gasteiger partial charge in [0.15, 0.2) is 0 Å². The summed E-state index contributed by atoms with van der Waals surface area (Å²) in [6.07, 6.45) is 5.20. The van der Waals surface area contributed by atoms with Gasteiger partial charge in [0.1, 0.15) is 0 Å². The predicted molar refractivity (Wildman–Crippen MR) is 66.6 cm³/mol. The van der Waals surface area contributed by atoms with Crippen molar-refractivity contribution in [2.24, 2.45) is 5.92 Å². The van der Waals surface area contributed by atoms with Crippen LogP contribution in [0.3, 0.4) is 0 Å². The molecule has 0 aliphatic carbocycles. The van der Waals surface area contributed by atoms with Crippen molar-refractivity contribution in [3.05, 3.63) is 17.5 Å². The molecule has 2 rings (SSSR count). The first kappa shape index (κ1) is 11.6. The van der Waals surface area contributed by atoms with Crippen molar-refractivity contribution in [3.8, 4) is 0 Å². The highest BCUT2D eigenvalue weighted by molar-refractivity contribution is 5.09. The Morgan fingerprint density at radius 2 is 2.31 bits per heavy atom. The molecule has 90 valence electrons. The molecule has 1 aliphatic rings. The molecule has 0 radical (unpaired) electrons. The van der Waals surface area contributed by atoms with E-state index in [1.165, 1.54) is 44.5 Å². The van der Waals surface area contributed by atoms with Gasteiger partial charge in [-0.3, -0.25) is 4.68 Å². The van der Waals surface area contributed by atoms with E-state index >= 15 is 0 Å². The minimum Gasteiger partial charge on any atom is -0.317 e. The Labute approximate surface area is 98.2 Å². The van der Waals surface area contributed by atoms with Crippen LogP contribution in [-0.4, -0.2) is 22.9 Å². The minimum atomic E-state index is 0.844. The van der Waals surface area contributed by atoms with E-state index in [0.29, 0.717) is 0 Å². The summed E-state index contributed by atoms with van der Waals surface area (Å²) in [6.45, 7) is 7.63. The van der Waals surface area contributed by atoms with Crippen LogP contribution in [0.25, 0.3) is 0 Å². The van der Waals surface area contributed by atoms with Gasteiger partial charge in [-0.15, -0.1) is 0 Å². The molecule has 0 amide bonds. The molecule has 1 aromatic heterocycles. The molecule has 0 aromatic carbocycles. The van der Waals surface area contributed by atoms with Crippen molar-refractivity contribution in [1.82, 2.24) is 15.1 Å². The zero-order valence-corrected chi connectivity index (χ0v) is 10.5. The number of nitrogens with one attached hydrogen (secondary N) is 1. The summed E-state index contributed by atoms with van der Waals surface area (Å²) in [6, 6.07) is 2.25.